The van der Waals surface area contributed by atoms with E-state index in [1.165, 1.54) is 0 Å². The van der Waals surface area contributed by atoms with Crippen molar-refractivity contribution in [1.29, 1.82) is 0 Å². The zero-order chi connectivity index (χ0) is 19.2. The van der Waals surface area contributed by atoms with Gasteiger partial charge in [-0.05, 0) is 30.7 Å². The van der Waals surface area contributed by atoms with Crippen LogP contribution in [0.15, 0.2) is 60.0 Å². The van der Waals surface area contributed by atoms with Crippen LogP contribution in [0.25, 0.3) is 5.82 Å². The Morgan fingerprint density at radius 2 is 2.04 bits per heavy atom. The fourth-order valence-electron chi connectivity index (χ4n) is 2.93. The third-order valence-electron chi connectivity index (χ3n) is 4.24. The van der Waals surface area contributed by atoms with Crippen LogP contribution >= 0.6 is 35.6 Å². The van der Waals surface area contributed by atoms with Crippen molar-refractivity contribution in [3.05, 3.63) is 77.0 Å². The molecule has 2 heterocycles. The zero-order valence-corrected chi connectivity index (χ0v) is 19.2. The van der Waals surface area contributed by atoms with Crippen LogP contribution in [-0.4, -0.2) is 39.5 Å². The van der Waals surface area contributed by atoms with Gasteiger partial charge in [0.15, 0.2) is 5.96 Å². The minimum atomic E-state index is 0. The lowest BCUT2D eigenvalue weighted by Gasteiger charge is -2.23. The van der Waals surface area contributed by atoms with E-state index in [1.54, 1.807) is 19.4 Å². The van der Waals surface area contributed by atoms with Gasteiger partial charge >= 0.3 is 0 Å². The van der Waals surface area contributed by atoms with Gasteiger partial charge in [0, 0.05) is 56.4 Å². The van der Waals surface area contributed by atoms with Crippen molar-refractivity contribution >= 4 is 41.5 Å². The summed E-state index contributed by atoms with van der Waals surface area (Å²) in [6.45, 7) is 3.28. The van der Waals surface area contributed by atoms with Gasteiger partial charge in [-0.2, -0.15) is 0 Å². The summed E-state index contributed by atoms with van der Waals surface area (Å²) in [6, 6.07) is 11.8. The van der Waals surface area contributed by atoms with Crippen molar-refractivity contribution in [2.75, 3.05) is 14.1 Å². The van der Waals surface area contributed by atoms with Crippen LogP contribution in [0.5, 0.6) is 0 Å². The Balaban J connectivity index is 0.00000280. The van der Waals surface area contributed by atoms with Gasteiger partial charge in [-0.25, -0.2) is 9.97 Å². The number of guanidine groups is 1. The highest BCUT2D eigenvalue weighted by atomic mass is 127. The molecule has 0 saturated heterocycles. The van der Waals surface area contributed by atoms with Crippen molar-refractivity contribution in [3.8, 4) is 5.82 Å². The van der Waals surface area contributed by atoms with Crippen molar-refractivity contribution < 1.29 is 0 Å². The van der Waals surface area contributed by atoms with Gasteiger partial charge in [0.25, 0.3) is 0 Å². The highest BCUT2D eigenvalue weighted by molar-refractivity contribution is 14.0. The summed E-state index contributed by atoms with van der Waals surface area (Å²) in [5.74, 6) is 2.57. The van der Waals surface area contributed by atoms with Crippen LogP contribution in [0.1, 0.15) is 17.0 Å². The van der Waals surface area contributed by atoms with Gasteiger partial charge < -0.3 is 10.2 Å². The number of pyridine rings is 1. The average molecular weight is 511 g/mol. The first-order valence-corrected chi connectivity index (χ1v) is 9.06. The Morgan fingerprint density at radius 1 is 1.21 bits per heavy atom. The molecule has 3 aromatic rings. The van der Waals surface area contributed by atoms with Crippen molar-refractivity contribution in [2.24, 2.45) is 4.99 Å². The molecule has 0 aliphatic rings. The molecule has 0 atom stereocenters. The highest BCUT2D eigenvalue weighted by Crippen LogP contribution is 2.14. The number of hydrogen-bond donors (Lipinski definition) is 1. The summed E-state index contributed by atoms with van der Waals surface area (Å²) in [6.07, 6.45) is 5.48. The lowest BCUT2D eigenvalue weighted by Crippen LogP contribution is -2.38. The number of aryl methyl sites for hydroxylation is 1. The van der Waals surface area contributed by atoms with E-state index >= 15 is 0 Å². The molecule has 0 amide bonds. The van der Waals surface area contributed by atoms with E-state index in [2.05, 4.69) is 37.3 Å². The van der Waals surface area contributed by atoms with Crippen LogP contribution in [0.4, 0.5) is 0 Å². The molecule has 0 spiro atoms. The van der Waals surface area contributed by atoms with E-state index in [-0.39, 0.29) is 24.0 Å². The van der Waals surface area contributed by atoms with E-state index in [0.717, 1.165) is 33.8 Å². The minimum Gasteiger partial charge on any atom is -0.352 e. The molecule has 148 valence electrons. The predicted octanol–water partition coefficient (Wildman–Crippen LogP) is 4.05. The molecule has 1 aromatic carbocycles. The van der Waals surface area contributed by atoms with Gasteiger partial charge in [-0.3, -0.25) is 9.56 Å². The standard InChI is InChI=1S/C20H23ClN6.HI/c1-15-23-10-11-27(15)19-17(7-5-9-24-19)13-25-20(22-2)26(3)14-16-6-4-8-18(21)12-16;/h4-12H,13-14H2,1-3H3,(H,22,25);1H. The average Bonchev–Trinajstić information content (AvgIpc) is 3.08. The van der Waals surface area contributed by atoms with Crippen LogP contribution in [0.2, 0.25) is 5.02 Å². The smallest absolute Gasteiger partial charge is 0.193 e. The van der Waals surface area contributed by atoms with Gasteiger partial charge in [0.05, 0.1) is 0 Å². The van der Waals surface area contributed by atoms with E-state index in [9.17, 15) is 0 Å². The number of aromatic nitrogens is 3. The van der Waals surface area contributed by atoms with E-state index in [4.69, 9.17) is 11.6 Å². The summed E-state index contributed by atoms with van der Waals surface area (Å²) in [5, 5.41) is 4.15. The van der Waals surface area contributed by atoms with Gasteiger partial charge in [0.1, 0.15) is 11.6 Å². The first kappa shape index (κ1) is 22.2. The summed E-state index contributed by atoms with van der Waals surface area (Å²) in [7, 11) is 3.78. The Morgan fingerprint density at radius 3 is 2.71 bits per heavy atom. The van der Waals surface area contributed by atoms with Crippen molar-refractivity contribution in [3.63, 3.8) is 0 Å². The second kappa shape index (κ2) is 10.4. The van der Waals surface area contributed by atoms with Crippen LogP contribution in [0, 0.1) is 6.92 Å². The number of halogens is 2. The molecule has 8 heteroatoms. The Labute approximate surface area is 187 Å². The Bertz CT molecular complexity index is 940. The lowest BCUT2D eigenvalue weighted by molar-refractivity contribution is 0.476. The SMILES string of the molecule is CN=C(NCc1cccnc1-n1ccnc1C)N(C)Cc1cccc(Cl)c1.I. The van der Waals surface area contributed by atoms with E-state index in [0.29, 0.717) is 13.1 Å². The third-order valence-corrected chi connectivity index (χ3v) is 4.48. The number of nitrogens with one attached hydrogen (secondary N) is 1. The second-order valence-electron chi connectivity index (χ2n) is 6.22. The summed E-state index contributed by atoms with van der Waals surface area (Å²) in [5.41, 5.74) is 2.19. The number of imidazole rings is 1. The number of aliphatic imine (C=N–C) groups is 1. The first-order chi connectivity index (χ1) is 13.1. The van der Waals surface area contributed by atoms with E-state index < -0.39 is 0 Å². The maximum absolute atomic E-state index is 6.08. The number of benzene rings is 1. The summed E-state index contributed by atoms with van der Waals surface area (Å²) in [4.78, 5) is 15.3. The molecule has 0 unspecified atom stereocenters. The zero-order valence-electron chi connectivity index (χ0n) is 16.1. The maximum Gasteiger partial charge on any atom is 0.193 e. The predicted molar refractivity (Wildman–Crippen MR) is 125 cm³/mol. The minimum absolute atomic E-state index is 0. The fourth-order valence-corrected chi connectivity index (χ4v) is 3.14. The quantitative estimate of drug-likeness (QED) is 0.320. The molecule has 3 rings (SSSR count). The largest absolute Gasteiger partial charge is 0.352 e. The number of rotatable bonds is 5. The summed E-state index contributed by atoms with van der Waals surface area (Å²) >= 11 is 6.08. The van der Waals surface area contributed by atoms with Gasteiger partial charge in [-0.15, -0.1) is 24.0 Å². The van der Waals surface area contributed by atoms with Gasteiger partial charge in [0.2, 0.25) is 0 Å². The molecule has 0 aliphatic carbocycles. The Hall–Kier alpha value is -2.13. The molecule has 0 aliphatic heterocycles. The molecule has 0 saturated carbocycles. The molecule has 28 heavy (non-hydrogen) atoms. The van der Waals surface area contributed by atoms with E-state index in [1.807, 2.05) is 49.0 Å². The molecular weight excluding hydrogens is 487 g/mol. The second-order valence-corrected chi connectivity index (χ2v) is 6.65. The molecule has 0 fully saturated rings. The lowest BCUT2D eigenvalue weighted by atomic mass is 10.2. The fraction of sp³-hybridized carbons (Fsp3) is 0.250. The Kier molecular flexibility index (Phi) is 8.25. The number of hydrogen-bond acceptors (Lipinski definition) is 3. The van der Waals surface area contributed by atoms with Gasteiger partial charge in [-0.1, -0.05) is 29.8 Å². The summed E-state index contributed by atoms with van der Waals surface area (Å²) < 4.78 is 1.98. The first-order valence-electron chi connectivity index (χ1n) is 8.69. The molecule has 0 radical (unpaired) electrons. The number of nitrogens with zero attached hydrogens (tertiary/aromatic N) is 5. The van der Waals surface area contributed by atoms with Crippen LogP contribution < -0.4 is 5.32 Å². The molecule has 0 bridgehead atoms. The normalized spacial score (nSPS) is 11.1. The van der Waals surface area contributed by atoms with Crippen molar-refractivity contribution in [2.45, 2.75) is 20.0 Å². The molecular formula is C20H24ClIN6. The molecule has 6 nitrogen and oxygen atoms in total. The maximum atomic E-state index is 6.08. The molecule has 2 aromatic heterocycles. The van der Waals surface area contributed by atoms with Crippen LogP contribution in [-0.2, 0) is 13.1 Å². The monoisotopic (exact) mass is 510 g/mol. The molecule has 1 N–H and O–H groups in total. The van der Waals surface area contributed by atoms with Crippen LogP contribution in [0.3, 0.4) is 0 Å². The van der Waals surface area contributed by atoms with Crippen molar-refractivity contribution in [1.82, 2.24) is 24.8 Å². The topological polar surface area (TPSA) is 58.3 Å². The highest BCUT2D eigenvalue weighted by Gasteiger charge is 2.11. The third kappa shape index (κ3) is 5.45.